The van der Waals surface area contributed by atoms with Gasteiger partial charge in [-0.05, 0) is 43.2 Å². The van der Waals surface area contributed by atoms with E-state index in [4.69, 9.17) is 0 Å². The summed E-state index contributed by atoms with van der Waals surface area (Å²) < 4.78 is 12.8. The van der Waals surface area contributed by atoms with Gasteiger partial charge in [-0.2, -0.15) is 0 Å². The summed E-state index contributed by atoms with van der Waals surface area (Å²) in [6.45, 7) is 2.27. The van der Waals surface area contributed by atoms with Gasteiger partial charge < -0.3 is 10.6 Å². The predicted octanol–water partition coefficient (Wildman–Crippen LogP) is 2.69. The lowest BCUT2D eigenvalue weighted by Gasteiger charge is -2.14. The third kappa shape index (κ3) is 5.83. The van der Waals surface area contributed by atoms with Crippen molar-refractivity contribution in [2.45, 2.75) is 25.8 Å². The van der Waals surface area contributed by atoms with Gasteiger partial charge in [0.05, 0.1) is 0 Å². The van der Waals surface area contributed by atoms with Gasteiger partial charge in [-0.3, -0.25) is 9.59 Å². The van der Waals surface area contributed by atoms with E-state index in [2.05, 4.69) is 10.6 Å². The number of nitrogens with one attached hydrogen (secondary N) is 2. The smallest absolute Gasteiger partial charge is 0.251 e. The van der Waals surface area contributed by atoms with Gasteiger partial charge in [0.1, 0.15) is 5.82 Å². The van der Waals surface area contributed by atoms with E-state index in [-0.39, 0.29) is 30.1 Å². The number of amides is 2. The van der Waals surface area contributed by atoms with E-state index in [1.807, 2.05) is 6.07 Å². The molecule has 0 heterocycles. The van der Waals surface area contributed by atoms with Crippen molar-refractivity contribution in [3.63, 3.8) is 0 Å². The molecular formula is C19H21FN2O2. The van der Waals surface area contributed by atoms with Crippen molar-refractivity contribution in [3.05, 3.63) is 71.5 Å². The summed E-state index contributed by atoms with van der Waals surface area (Å²) in [5.41, 5.74) is 1.53. The van der Waals surface area contributed by atoms with Crippen LogP contribution in [0.25, 0.3) is 0 Å². The first-order chi connectivity index (χ1) is 11.5. The van der Waals surface area contributed by atoms with E-state index in [0.717, 1.165) is 5.56 Å². The molecule has 4 nitrogen and oxygen atoms in total. The van der Waals surface area contributed by atoms with Crippen molar-refractivity contribution < 1.29 is 14.0 Å². The Morgan fingerprint density at radius 3 is 2.38 bits per heavy atom. The minimum Gasteiger partial charge on any atom is -0.356 e. The fraction of sp³-hybridized carbons (Fsp3) is 0.263. The fourth-order valence-electron chi connectivity index (χ4n) is 2.30. The third-order valence-electron chi connectivity index (χ3n) is 3.55. The molecule has 0 aliphatic heterocycles. The zero-order valence-corrected chi connectivity index (χ0v) is 13.6. The molecule has 2 amide bonds. The lowest BCUT2D eigenvalue weighted by Crippen LogP contribution is -2.37. The number of benzene rings is 2. The molecule has 2 rings (SSSR count). The molecule has 0 aliphatic rings. The molecule has 2 aromatic carbocycles. The second-order valence-electron chi connectivity index (χ2n) is 5.67. The molecule has 2 aromatic rings. The predicted molar refractivity (Wildman–Crippen MR) is 91.1 cm³/mol. The van der Waals surface area contributed by atoms with Gasteiger partial charge in [0.25, 0.3) is 5.91 Å². The second-order valence-corrected chi connectivity index (χ2v) is 5.67. The first kappa shape index (κ1) is 17.7. The quantitative estimate of drug-likeness (QED) is 0.821. The normalized spacial score (nSPS) is 11.6. The monoisotopic (exact) mass is 328 g/mol. The Balaban J connectivity index is 1.69. The highest BCUT2D eigenvalue weighted by Crippen LogP contribution is 2.03. The van der Waals surface area contributed by atoms with Crippen LogP contribution >= 0.6 is 0 Å². The van der Waals surface area contributed by atoms with E-state index in [9.17, 15) is 14.0 Å². The Morgan fingerprint density at radius 1 is 1.04 bits per heavy atom. The van der Waals surface area contributed by atoms with E-state index in [0.29, 0.717) is 18.5 Å². The van der Waals surface area contributed by atoms with Crippen LogP contribution in [0.5, 0.6) is 0 Å². The molecule has 5 heteroatoms. The van der Waals surface area contributed by atoms with Gasteiger partial charge in [-0.15, -0.1) is 0 Å². The number of carbonyl (C=O) groups is 2. The topological polar surface area (TPSA) is 58.2 Å². The summed E-state index contributed by atoms with van der Waals surface area (Å²) in [4.78, 5) is 23.9. The first-order valence-electron chi connectivity index (χ1n) is 7.91. The summed E-state index contributed by atoms with van der Waals surface area (Å²) in [5.74, 6) is -0.592. The van der Waals surface area contributed by atoms with Crippen LogP contribution in [0, 0.1) is 5.82 Å². The maximum atomic E-state index is 12.8. The molecule has 24 heavy (non-hydrogen) atoms. The highest BCUT2D eigenvalue weighted by Gasteiger charge is 2.12. The molecule has 1 atom stereocenters. The van der Waals surface area contributed by atoms with Crippen LogP contribution in [-0.2, 0) is 11.2 Å². The van der Waals surface area contributed by atoms with Crippen LogP contribution in [-0.4, -0.2) is 24.4 Å². The number of halogens is 1. The van der Waals surface area contributed by atoms with E-state index in [1.54, 1.807) is 43.3 Å². The SMILES string of the molecule is CC(CC(=O)NCCc1ccc(F)cc1)NC(=O)c1ccccc1. The Bertz CT molecular complexity index is 672. The zero-order valence-electron chi connectivity index (χ0n) is 13.6. The van der Waals surface area contributed by atoms with Gasteiger partial charge in [0, 0.05) is 24.6 Å². The van der Waals surface area contributed by atoms with Crippen molar-refractivity contribution in [1.82, 2.24) is 10.6 Å². The third-order valence-corrected chi connectivity index (χ3v) is 3.55. The summed E-state index contributed by atoms with van der Waals surface area (Å²) in [5, 5.41) is 5.61. The number of hydrogen-bond donors (Lipinski definition) is 2. The molecule has 0 aliphatic carbocycles. The Morgan fingerprint density at radius 2 is 1.71 bits per heavy atom. The molecule has 0 saturated carbocycles. The highest BCUT2D eigenvalue weighted by molar-refractivity contribution is 5.94. The van der Waals surface area contributed by atoms with E-state index >= 15 is 0 Å². The molecule has 0 spiro atoms. The maximum Gasteiger partial charge on any atom is 0.251 e. The molecule has 0 bridgehead atoms. The van der Waals surface area contributed by atoms with Crippen LogP contribution in [0.4, 0.5) is 4.39 Å². The number of rotatable bonds is 7. The van der Waals surface area contributed by atoms with E-state index < -0.39 is 0 Å². The van der Waals surface area contributed by atoms with Crippen LogP contribution < -0.4 is 10.6 Å². The minimum absolute atomic E-state index is 0.127. The van der Waals surface area contributed by atoms with Crippen molar-refractivity contribution >= 4 is 11.8 Å². The van der Waals surface area contributed by atoms with Crippen LogP contribution in [0.2, 0.25) is 0 Å². The molecular weight excluding hydrogens is 307 g/mol. The molecule has 0 fully saturated rings. The van der Waals surface area contributed by atoms with Gasteiger partial charge in [0.2, 0.25) is 5.91 Å². The molecule has 0 saturated heterocycles. The molecule has 1 unspecified atom stereocenters. The van der Waals surface area contributed by atoms with Crippen molar-refractivity contribution in [3.8, 4) is 0 Å². The molecule has 2 N–H and O–H groups in total. The van der Waals surface area contributed by atoms with E-state index in [1.165, 1.54) is 12.1 Å². The molecule has 0 radical (unpaired) electrons. The molecule has 126 valence electrons. The van der Waals surface area contributed by atoms with Gasteiger partial charge in [-0.25, -0.2) is 4.39 Å². The molecule has 0 aromatic heterocycles. The van der Waals surface area contributed by atoms with Crippen molar-refractivity contribution in [2.75, 3.05) is 6.54 Å². The average Bonchev–Trinajstić information content (AvgIpc) is 2.57. The van der Waals surface area contributed by atoms with Crippen molar-refractivity contribution in [2.24, 2.45) is 0 Å². The first-order valence-corrected chi connectivity index (χ1v) is 7.91. The maximum absolute atomic E-state index is 12.8. The Hall–Kier alpha value is -2.69. The summed E-state index contributed by atoms with van der Waals surface area (Å²) >= 11 is 0. The minimum atomic E-state index is -0.272. The summed E-state index contributed by atoms with van der Waals surface area (Å²) in [7, 11) is 0. The largest absolute Gasteiger partial charge is 0.356 e. The fourth-order valence-corrected chi connectivity index (χ4v) is 2.30. The standard InChI is InChI=1S/C19H21FN2O2/c1-14(22-19(24)16-5-3-2-4-6-16)13-18(23)21-12-11-15-7-9-17(20)10-8-15/h2-10,14H,11-13H2,1H3,(H,21,23)(H,22,24). The van der Waals surface area contributed by atoms with Gasteiger partial charge in [0.15, 0.2) is 0 Å². The van der Waals surface area contributed by atoms with Gasteiger partial charge >= 0.3 is 0 Å². The number of carbonyl (C=O) groups excluding carboxylic acids is 2. The Labute approximate surface area is 141 Å². The summed E-state index contributed by atoms with van der Waals surface area (Å²) in [6, 6.07) is 14.8. The Kier molecular flexibility index (Phi) is 6.49. The van der Waals surface area contributed by atoms with Crippen LogP contribution in [0.15, 0.2) is 54.6 Å². The zero-order chi connectivity index (χ0) is 17.4. The second kappa shape index (κ2) is 8.82. The highest BCUT2D eigenvalue weighted by atomic mass is 19.1. The average molecular weight is 328 g/mol. The van der Waals surface area contributed by atoms with Crippen molar-refractivity contribution in [1.29, 1.82) is 0 Å². The summed E-state index contributed by atoms with van der Waals surface area (Å²) in [6.07, 6.45) is 0.846. The lowest BCUT2D eigenvalue weighted by atomic mass is 10.1. The van der Waals surface area contributed by atoms with Crippen LogP contribution in [0.1, 0.15) is 29.3 Å². The van der Waals surface area contributed by atoms with Gasteiger partial charge in [-0.1, -0.05) is 30.3 Å². The number of hydrogen-bond acceptors (Lipinski definition) is 2. The lowest BCUT2D eigenvalue weighted by molar-refractivity contribution is -0.121. The van der Waals surface area contributed by atoms with Crippen LogP contribution in [0.3, 0.4) is 0 Å².